The molecule has 2 aromatic rings. The van der Waals surface area contributed by atoms with Gasteiger partial charge < -0.3 is 0 Å². The van der Waals surface area contributed by atoms with Crippen molar-refractivity contribution in [3.05, 3.63) is 53.7 Å². The molecule has 0 aliphatic rings. The summed E-state index contributed by atoms with van der Waals surface area (Å²) in [5.74, 6) is -0.171. The summed E-state index contributed by atoms with van der Waals surface area (Å²) in [5.41, 5.74) is 0.100. The molecular formula is C14H16N2O3S. The number of ketones is 1. The highest BCUT2D eigenvalue weighted by atomic mass is 32.1. The first kappa shape index (κ1) is 14.5. The van der Waals surface area contributed by atoms with Crippen molar-refractivity contribution >= 4 is 17.1 Å². The number of Topliss-reactive ketones (excluding diaryl/α,β-unsaturated/α-hetero) is 1. The van der Waals surface area contributed by atoms with Gasteiger partial charge in [-0.25, -0.2) is 4.68 Å². The average molecular weight is 292 g/mol. The van der Waals surface area contributed by atoms with Crippen LogP contribution in [0.15, 0.2) is 21.7 Å². The lowest BCUT2D eigenvalue weighted by atomic mass is 10.2. The fraction of sp³-hybridized carbons (Fsp3) is 0.357. The third kappa shape index (κ3) is 2.65. The van der Waals surface area contributed by atoms with Gasteiger partial charge in [-0.1, -0.05) is 6.92 Å². The Labute approximate surface area is 119 Å². The van der Waals surface area contributed by atoms with Crippen molar-refractivity contribution in [2.75, 3.05) is 0 Å². The zero-order chi connectivity index (χ0) is 14.9. The SMILES string of the molecule is CCc1ccc(C(=O)Cn2[nH]c(=O)c(C)c(C)c2=O)s1. The van der Waals surface area contributed by atoms with Crippen molar-refractivity contribution in [1.29, 1.82) is 0 Å². The molecule has 0 aliphatic heterocycles. The largest absolute Gasteiger partial charge is 0.291 e. The maximum atomic E-state index is 12.1. The van der Waals surface area contributed by atoms with Gasteiger partial charge in [-0.05, 0) is 32.4 Å². The highest BCUT2D eigenvalue weighted by Crippen LogP contribution is 2.17. The predicted octanol–water partition coefficient (Wildman–Crippen LogP) is 1.66. The van der Waals surface area contributed by atoms with Gasteiger partial charge in [0.05, 0.1) is 4.88 Å². The number of carbonyl (C=O) groups is 1. The minimum Gasteiger partial charge on any atom is -0.291 e. The van der Waals surface area contributed by atoms with E-state index in [1.54, 1.807) is 19.9 Å². The van der Waals surface area contributed by atoms with Crippen molar-refractivity contribution < 1.29 is 4.79 Å². The summed E-state index contributed by atoms with van der Waals surface area (Å²) in [7, 11) is 0. The van der Waals surface area contributed by atoms with Gasteiger partial charge in [-0.3, -0.25) is 19.5 Å². The highest BCUT2D eigenvalue weighted by molar-refractivity contribution is 7.14. The second-order valence-corrected chi connectivity index (χ2v) is 5.79. The summed E-state index contributed by atoms with van der Waals surface area (Å²) in [6, 6.07) is 3.67. The molecule has 6 heteroatoms. The van der Waals surface area contributed by atoms with Gasteiger partial charge in [-0.2, -0.15) is 0 Å². The first-order chi connectivity index (χ1) is 9.43. The second kappa shape index (κ2) is 5.58. The molecule has 0 fully saturated rings. The minimum absolute atomic E-state index is 0.140. The first-order valence-corrected chi connectivity index (χ1v) is 7.18. The van der Waals surface area contributed by atoms with Crippen LogP contribution < -0.4 is 11.1 Å². The lowest BCUT2D eigenvalue weighted by Crippen LogP contribution is -2.35. The topological polar surface area (TPSA) is 71.9 Å². The molecule has 0 amide bonds. The summed E-state index contributed by atoms with van der Waals surface area (Å²) >= 11 is 1.42. The third-order valence-corrected chi connectivity index (χ3v) is 4.56. The predicted molar refractivity (Wildman–Crippen MR) is 78.8 cm³/mol. The molecule has 5 nitrogen and oxygen atoms in total. The van der Waals surface area contributed by atoms with E-state index in [0.29, 0.717) is 16.0 Å². The van der Waals surface area contributed by atoms with Crippen LogP contribution >= 0.6 is 11.3 Å². The first-order valence-electron chi connectivity index (χ1n) is 6.36. The lowest BCUT2D eigenvalue weighted by Gasteiger charge is -2.06. The summed E-state index contributed by atoms with van der Waals surface area (Å²) in [6.45, 7) is 5.06. The number of nitrogens with zero attached hydrogens (tertiary/aromatic N) is 1. The Balaban J connectivity index is 2.33. The van der Waals surface area contributed by atoms with E-state index in [9.17, 15) is 14.4 Å². The van der Waals surface area contributed by atoms with Crippen LogP contribution in [0.1, 0.15) is 32.6 Å². The number of aromatic nitrogens is 2. The Morgan fingerprint density at radius 1 is 1.25 bits per heavy atom. The van der Waals surface area contributed by atoms with Crippen LogP contribution in [0.4, 0.5) is 0 Å². The molecule has 0 bridgehead atoms. The van der Waals surface area contributed by atoms with E-state index in [2.05, 4.69) is 5.10 Å². The third-order valence-electron chi connectivity index (χ3n) is 3.29. The molecule has 106 valence electrons. The second-order valence-electron chi connectivity index (χ2n) is 4.62. The Hall–Kier alpha value is -1.95. The number of aromatic amines is 1. The summed E-state index contributed by atoms with van der Waals surface area (Å²) in [4.78, 5) is 37.5. The number of carbonyl (C=O) groups excluding carboxylic acids is 1. The molecule has 2 heterocycles. The Bertz CT molecular complexity index is 767. The molecule has 2 aromatic heterocycles. The maximum Gasteiger partial charge on any atom is 0.268 e. The molecule has 0 aliphatic carbocycles. The molecule has 0 spiro atoms. The summed E-state index contributed by atoms with van der Waals surface area (Å²) in [5, 5.41) is 2.44. The quantitative estimate of drug-likeness (QED) is 0.871. The number of rotatable bonds is 4. The van der Waals surface area contributed by atoms with Crippen LogP contribution in [0.3, 0.4) is 0 Å². The smallest absolute Gasteiger partial charge is 0.268 e. The Kier molecular flexibility index (Phi) is 4.04. The van der Waals surface area contributed by atoms with Crippen LogP contribution in [0, 0.1) is 13.8 Å². The normalized spacial score (nSPS) is 10.8. The van der Waals surface area contributed by atoms with Gasteiger partial charge in [-0.15, -0.1) is 11.3 Å². The molecule has 0 aromatic carbocycles. The monoisotopic (exact) mass is 292 g/mol. The maximum absolute atomic E-state index is 12.1. The molecule has 0 atom stereocenters. The summed E-state index contributed by atoms with van der Waals surface area (Å²) < 4.78 is 1.08. The molecule has 0 saturated heterocycles. The Morgan fingerprint density at radius 2 is 1.95 bits per heavy atom. The van der Waals surface area contributed by atoms with Gasteiger partial charge >= 0.3 is 0 Å². The number of nitrogens with one attached hydrogen (secondary N) is 1. The highest BCUT2D eigenvalue weighted by Gasteiger charge is 2.13. The standard InChI is InChI=1S/C14H16N2O3S/c1-4-10-5-6-12(20-10)11(17)7-16-14(19)9(3)8(2)13(18)15-16/h5-6H,4,7H2,1-3H3,(H,15,18). The fourth-order valence-electron chi connectivity index (χ4n) is 1.84. The number of hydrogen-bond donors (Lipinski definition) is 1. The molecule has 0 saturated carbocycles. The number of thiophene rings is 1. The van der Waals surface area contributed by atoms with E-state index in [1.807, 2.05) is 13.0 Å². The van der Waals surface area contributed by atoms with Crippen LogP contribution in [-0.4, -0.2) is 15.6 Å². The van der Waals surface area contributed by atoms with Crippen LogP contribution in [-0.2, 0) is 13.0 Å². The van der Waals surface area contributed by atoms with Gasteiger partial charge in [0.25, 0.3) is 11.1 Å². The van der Waals surface area contributed by atoms with Crippen molar-refractivity contribution in [1.82, 2.24) is 9.78 Å². The van der Waals surface area contributed by atoms with E-state index in [1.165, 1.54) is 11.3 Å². The van der Waals surface area contributed by atoms with Crippen molar-refractivity contribution in [3.8, 4) is 0 Å². The van der Waals surface area contributed by atoms with Gasteiger partial charge in [0.2, 0.25) is 0 Å². The average Bonchev–Trinajstić information content (AvgIpc) is 2.91. The van der Waals surface area contributed by atoms with Gasteiger partial charge in [0, 0.05) is 16.0 Å². The minimum atomic E-state index is -0.338. The van der Waals surface area contributed by atoms with E-state index >= 15 is 0 Å². The lowest BCUT2D eigenvalue weighted by molar-refractivity contribution is 0.0969. The van der Waals surface area contributed by atoms with Gasteiger partial charge in [0.1, 0.15) is 6.54 Å². The van der Waals surface area contributed by atoms with Crippen molar-refractivity contribution in [2.45, 2.75) is 33.7 Å². The zero-order valence-electron chi connectivity index (χ0n) is 11.6. The van der Waals surface area contributed by atoms with Crippen molar-refractivity contribution in [2.24, 2.45) is 0 Å². The zero-order valence-corrected chi connectivity index (χ0v) is 12.5. The number of H-pyrrole nitrogens is 1. The van der Waals surface area contributed by atoms with Crippen molar-refractivity contribution in [3.63, 3.8) is 0 Å². The Morgan fingerprint density at radius 3 is 2.55 bits per heavy atom. The molecular weight excluding hydrogens is 276 g/mol. The molecule has 0 unspecified atom stereocenters. The number of hydrogen-bond acceptors (Lipinski definition) is 4. The van der Waals surface area contributed by atoms with Crippen LogP contribution in [0.5, 0.6) is 0 Å². The molecule has 2 rings (SSSR count). The van der Waals surface area contributed by atoms with E-state index in [4.69, 9.17) is 0 Å². The molecule has 0 radical (unpaired) electrons. The molecule has 1 N–H and O–H groups in total. The number of aryl methyl sites for hydroxylation is 1. The van der Waals surface area contributed by atoms with Gasteiger partial charge in [0.15, 0.2) is 5.78 Å². The fourth-order valence-corrected chi connectivity index (χ4v) is 2.72. The molecule has 20 heavy (non-hydrogen) atoms. The van der Waals surface area contributed by atoms with E-state index in [0.717, 1.165) is 16.0 Å². The van der Waals surface area contributed by atoms with Crippen LogP contribution in [0.25, 0.3) is 0 Å². The van der Waals surface area contributed by atoms with Crippen LogP contribution in [0.2, 0.25) is 0 Å². The summed E-state index contributed by atoms with van der Waals surface area (Å²) in [6.07, 6.45) is 0.873. The van der Waals surface area contributed by atoms with E-state index in [-0.39, 0.29) is 23.4 Å². The van der Waals surface area contributed by atoms with E-state index < -0.39 is 0 Å².